The van der Waals surface area contributed by atoms with Crippen LogP contribution in [-0.2, 0) is 4.79 Å². The molecular weight excluding hydrogens is 296 g/mol. The van der Waals surface area contributed by atoms with Crippen molar-refractivity contribution in [2.45, 2.75) is 86.6 Å². The molecule has 3 nitrogen and oxygen atoms in total. The molecule has 2 aliphatic rings. The highest BCUT2D eigenvalue weighted by Gasteiger charge is 2.33. The number of nitrogens with one attached hydrogen (secondary N) is 2. The standard InChI is InChI=1S/C10H19NO.C9H17N.C2H6/c1-7(2)8-5-6-10(3,4)11-9(8)12;1-7(2)9-5-4-6-10-8(9)3;1-2/h7-8H,5-6H2,1-4H3,(H,11,12);7,9-10H,3-6H2,1-2H3;1-2H3. The second-order valence-electron chi connectivity index (χ2n) is 8.21. The topological polar surface area (TPSA) is 41.1 Å². The van der Waals surface area contributed by atoms with Crippen LogP contribution in [0.3, 0.4) is 0 Å². The lowest BCUT2D eigenvalue weighted by molar-refractivity contribution is -0.130. The summed E-state index contributed by atoms with van der Waals surface area (Å²) >= 11 is 0. The molecule has 0 bridgehead atoms. The number of piperidine rings is 2. The minimum absolute atomic E-state index is 0.0163. The molecule has 2 rings (SSSR count). The van der Waals surface area contributed by atoms with Crippen molar-refractivity contribution in [3.8, 4) is 0 Å². The summed E-state index contributed by atoms with van der Waals surface area (Å²) < 4.78 is 0. The Morgan fingerprint density at radius 1 is 1.04 bits per heavy atom. The van der Waals surface area contributed by atoms with E-state index < -0.39 is 0 Å². The van der Waals surface area contributed by atoms with Gasteiger partial charge in [-0.05, 0) is 51.4 Å². The zero-order valence-electron chi connectivity index (χ0n) is 17.5. The highest BCUT2D eigenvalue weighted by molar-refractivity contribution is 5.80. The normalized spacial score (nSPS) is 25.8. The molecule has 2 heterocycles. The molecule has 0 aliphatic carbocycles. The minimum Gasteiger partial charge on any atom is -0.389 e. The monoisotopic (exact) mass is 338 g/mol. The van der Waals surface area contributed by atoms with E-state index in [0.29, 0.717) is 11.8 Å². The lowest BCUT2D eigenvalue weighted by Gasteiger charge is -2.36. The maximum atomic E-state index is 11.5. The largest absolute Gasteiger partial charge is 0.389 e. The van der Waals surface area contributed by atoms with Gasteiger partial charge in [0.25, 0.3) is 0 Å². The van der Waals surface area contributed by atoms with E-state index in [-0.39, 0.29) is 17.4 Å². The van der Waals surface area contributed by atoms with Crippen molar-refractivity contribution in [3.63, 3.8) is 0 Å². The molecule has 2 saturated heterocycles. The number of hydrogen-bond donors (Lipinski definition) is 2. The first-order valence-corrected chi connectivity index (χ1v) is 9.88. The van der Waals surface area contributed by atoms with Gasteiger partial charge in [-0.25, -0.2) is 0 Å². The SMILES string of the molecule is C=C1NCCCC1C(C)C.CC.CC(C)C1CCC(C)(C)NC1=O. The number of rotatable bonds is 2. The zero-order valence-corrected chi connectivity index (χ0v) is 17.5. The summed E-state index contributed by atoms with van der Waals surface area (Å²) in [7, 11) is 0. The van der Waals surface area contributed by atoms with Crippen molar-refractivity contribution < 1.29 is 4.79 Å². The highest BCUT2D eigenvalue weighted by Crippen LogP contribution is 2.27. The van der Waals surface area contributed by atoms with Crippen LogP contribution in [0.1, 0.15) is 81.1 Å². The van der Waals surface area contributed by atoms with Crippen molar-refractivity contribution in [1.82, 2.24) is 10.6 Å². The fourth-order valence-electron chi connectivity index (χ4n) is 3.38. The van der Waals surface area contributed by atoms with Crippen LogP contribution in [-0.4, -0.2) is 18.0 Å². The molecule has 142 valence electrons. The van der Waals surface area contributed by atoms with Crippen LogP contribution in [0.5, 0.6) is 0 Å². The van der Waals surface area contributed by atoms with Gasteiger partial charge in [-0.2, -0.15) is 0 Å². The second-order valence-corrected chi connectivity index (χ2v) is 8.21. The van der Waals surface area contributed by atoms with Gasteiger partial charge >= 0.3 is 0 Å². The second kappa shape index (κ2) is 10.8. The molecule has 2 aliphatic heterocycles. The van der Waals surface area contributed by atoms with E-state index in [1.54, 1.807) is 0 Å². The van der Waals surface area contributed by atoms with Gasteiger partial charge in [0.05, 0.1) is 0 Å². The molecule has 0 aromatic carbocycles. The lowest BCUT2D eigenvalue weighted by atomic mass is 9.81. The number of hydrogen-bond acceptors (Lipinski definition) is 2. The Morgan fingerprint density at radius 2 is 1.58 bits per heavy atom. The van der Waals surface area contributed by atoms with Crippen LogP contribution in [0.25, 0.3) is 0 Å². The number of carbonyl (C=O) groups is 1. The molecule has 0 aromatic rings. The van der Waals surface area contributed by atoms with Crippen LogP contribution < -0.4 is 10.6 Å². The average Bonchev–Trinajstić information content (AvgIpc) is 2.48. The summed E-state index contributed by atoms with van der Waals surface area (Å²) in [6, 6.07) is 0. The Bertz CT molecular complexity index is 385. The number of carbonyl (C=O) groups excluding carboxylic acids is 1. The van der Waals surface area contributed by atoms with Crippen molar-refractivity contribution in [1.29, 1.82) is 0 Å². The first kappa shape index (κ1) is 23.0. The van der Waals surface area contributed by atoms with Gasteiger partial charge in [-0.1, -0.05) is 48.1 Å². The predicted molar refractivity (Wildman–Crippen MR) is 106 cm³/mol. The van der Waals surface area contributed by atoms with E-state index in [1.165, 1.54) is 18.5 Å². The Hall–Kier alpha value is -0.990. The van der Waals surface area contributed by atoms with E-state index in [1.807, 2.05) is 13.8 Å². The number of allylic oxidation sites excluding steroid dienone is 1. The van der Waals surface area contributed by atoms with Crippen LogP contribution in [0.4, 0.5) is 0 Å². The molecule has 24 heavy (non-hydrogen) atoms. The summed E-state index contributed by atoms with van der Waals surface area (Å²) in [5.41, 5.74) is 1.27. The van der Waals surface area contributed by atoms with Crippen molar-refractivity contribution in [2.75, 3.05) is 6.54 Å². The number of amides is 1. The van der Waals surface area contributed by atoms with Gasteiger partial charge in [0.1, 0.15) is 0 Å². The third kappa shape index (κ3) is 7.72. The molecular formula is C21H42N2O. The van der Waals surface area contributed by atoms with Gasteiger partial charge in [0.15, 0.2) is 0 Å². The first-order chi connectivity index (χ1) is 11.1. The zero-order chi connectivity index (χ0) is 18.9. The van der Waals surface area contributed by atoms with Crippen molar-refractivity contribution >= 4 is 5.91 Å². The summed E-state index contributed by atoms with van der Waals surface area (Å²) in [5.74, 6) is 2.41. The first-order valence-electron chi connectivity index (χ1n) is 9.88. The molecule has 0 saturated carbocycles. The van der Waals surface area contributed by atoms with Crippen LogP contribution in [0.2, 0.25) is 0 Å². The van der Waals surface area contributed by atoms with Crippen molar-refractivity contribution in [2.24, 2.45) is 23.7 Å². The molecule has 0 radical (unpaired) electrons. The Labute approximate surface area is 151 Å². The molecule has 1 amide bonds. The molecule has 2 fully saturated rings. The van der Waals surface area contributed by atoms with Gasteiger partial charge in [-0.15, -0.1) is 0 Å². The highest BCUT2D eigenvalue weighted by atomic mass is 16.2. The Kier molecular flexibility index (Phi) is 10.3. The summed E-state index contributed by atoms with van der Waals surface area (Å²) in [5, 5.41) is 6.37. The van der Waals surface area contributed by atoms with Gasteiger partial charge in [0, 0.05) is 29.6 Å². The molecule has 0 spiro atoms. The molecule has 2 unspecified atom stereocenters. The summed E-state index contributed by atoms with van der Waals surface area (Å²) in [6.07, 6.45) is 4.77. The van der Waals surface area contributed by atoms with E-state index in [9.17, 15) is 4.79 Å². The quantitative estimate of drug-likeness (QED) is 0.733. The van der Waals surface area contributed by atoms with Crippen LogP contribution in [0, 0.1) is 23.7 Å². The fraction of sp³-hybridized carbons (Fsp3) is 0.857. The molecule has 3 heteroatoms. The smallest absolute Gasteiger partial charge is 0.223 e. The molecule has 2 atom stereocenters. The third-order valence-corrected chi connectivity index (χ3v) is 4.98. The average molecular weight is 339 g/mol. The fourth-order valence-corrected chi connectivity index (χ4v) is 3.38. The lowest BCUT2D eigenvalue weighted by Crippen LogP contribution is -2.51. The van der Waals surface area contributed by atoms with Crippen molar-refractivity contribution in [3.05, 3.63) is 12.3 Å². The maximum Gasteiger partial charge on any atom is 0.223 e. The maximum absolute atomic E-state index is 11.5. The van der Waals surface area contributed by atoms with E-state index in [0.717, 1.165) is 25.3 Å². The summed E-state index contributed by atoms with van der Waals surface area (Å²) in [6.45, 7) is 22.1. The minimum atomic E-state index is 0.0163. The Morgan fingerprint density at radius 3 is 1.96 bits per heavy atom. The van der Waals surface area contributed by atoms with E-state index >= 15 is 0 Å². The van der Waals surface area contributed by atoms with Gasteiger partial charge in [0.2, 0.25) is 5.91 Å². The van der Waals surface area contributed by atoms with Crippen LogP contribution in [0.15, 0.2) is 12.3 Å². The third-order valence-electron chi connectivity index (χ3n) is 4.98. The van der Waals surface area contributed by atoms with E-state index in [4.69, 9.17) is 0 Å². The van der Waals surface area contributed by atoms with Gasteiger partial charge in [-0.3, -0.25) is 4.79 Å². The Balaban J connectivity index is 0.000000405. The van der Waals surface area contributed by atoms with Gasteiger partial charge < -0.3 is 10.6 Å². The molecule has 0 aromatic heterocycles. The predicted octanol–water partition coefficient (Wildman–Crippen LogP) is 5.13. The van der Waals surface area contributed by atoms with Crippen LogP contribution >= 0.6 is 0 Å². The summed E-state index contributed by atoms with van der Waals surface area (Å²) in [4.78, 5) is 11.5. The molecule has 2 N–H and O–H groups in total. The van der Waals surface area contributed by atoms with E-state index in [2.05, 4.69) is 58.8 Å².